The summed E-state index contributed by atoms with van der Waals surface area (Å²) in [5, 5.41) is 8.54. The van der Waals surface area contributed by atoms with Gasteiger partial charge in [0, 0.05) is 10.4 Å². The van der Waals surface area contributed by atoms with Crippen LogP contribution in [0.25, 0.3) is 0 Å². The first-order chi connectivity index (χ1) is 39.7. The van der Waals surface area contributed by atoms with Crippen molar-refractivity contribution in [3.8, 4) is 0 Å². The van der Waals surface area contributed by atoms with Crippen LogP contribution in [0.1, 0.15) is 108 Å². The van der Waals surface area contributed by atoms with Gasteiger partial charge in [0.15, 0.2) is 0 Å². The minimum Gasteiger partial charge on any atom is -0.759 e. The standard InChI is InChI=1S/2C38H44P.H2O4S/c2*1-31(26-27-37-33(3)19-16-29-38(37,4)5)17-15-18-32(2)28-30-39(34-20-9-6-10-21-34,35-22-11-7-12-23-35)36-24-13-8-14-25-36;1-5(2,3)4/h2*6-15,17-18,20-28H,16,19,29-30H2,1-5H3;(H2,1,2,3,4)/q2*+1;/p-2/b2*18-15+,27-26+,31-17+,32-28+;. The number of allylic oxidation sites excluding steroid dienone is 20. The number of rotatable bonds is 18. The van der Waals surface area contributed by atoms with Crippen LogP contribution in [0.5, 0.6) is 0 Å². The number of hydrogen-bond acceptors (Lipinski definition) is 4. The van der Waals surface area contributed by atoms with Crippen LogP contribution in [-0.2, 0) is 10.4 Å². The van der Waals surface area contributed by atoms with Crippen LogP contribution in [0, 0.1) is 10.8 Å². The van der Waals surface area contributed by atoms with Gasteiger partial charge in [-0.3, -0.25) is 8.42 Å². The van der Waals surface area contributed by atoms with E-state index in [-0.39, 0.29) is 10.8 Å². The minimum absolute atomic E-state index is 0.278. The average molecular weight is 1160 g/mol. The molecule has 0 heterocycles. The average Bonchev–Trinajstić information content (AvgIpc) is 2.84. The van der Waals surface area contributed by atoms with Crippen LogP contribution in [0.15, 0.2) is 299 Å². The van der Waals surface area contributed by atoms with E-state index in [1.807, 2.05) is 0 Å². The molecule has 0 saturated heterocycles. The Morgan fingerprint density at radius 1 is 0.422 bits per heavy atom. The quantitative estimate of drug-likeness (QED) is 0.0372. The van der Waals surface area contributed by atoms with Crippen molar-refractivity contribution >= 4 is 56.8 Å². The van der Waals surface area contributed by atoms with Gasteiger partial charge in [-0.25, -0.2) is 0 Å². The summed E-state index contributed by atoms with van der Waals surface area (Å²) in [5.41, 5.74) is 11.8. The monoisotopic (exact) mass is 1160 g/mol. The lowest BCUT2D eigenvalue weighted by atomic mass is 9.72. The lowest BCUT2D eigenvalue weighted by Gasteiger charge is -2.33. The van der Waals surface area contributed by atoms with Crippen molar-refractivity contribution in [1.29, 1.82) is 0 Å². The summed E-state index contributed by atoms with van der Waals surface area (Å²) in [7, 11) is -8.86. The van der Waals surface area contributed by atoms with E-state index in [9.17, 15) is 0 Å². The van der Waals surface area contributed by atoms with Crippen LogP contribution in [0.4, 0.5) is 0 Å². The summed E-state index contributed by atoms with van der Waals surface area (Å²) in [6.45, 7) is 23.0. The Labute approximate surface area is 501 Å². The molecule has 0 radical (unpaired) electrons. The first-order valence-electron chi connectivity index (χ1n) is 29.2. The molecule has 6 aromatic carbocycles. The van der Waals surface area contributed by atoms with Gasteiger partial charge in [0.25, 0.3) is 0 Å². The van der Waals surface area contributed by atoms with Crippen molar-refractivity contribution in [2.45, 2.75) is 108 Å². The van der Waals surface area contributed by atoms with Crippen molar-refractivity contribution in [2.24, 2.45) is 10.8 Å². The summed E-state index contributed by atoms with van der Waals surface area (Å²) in [6.07, 6.45) is 37.1. The first-order valence-corrected chi connectivity index (χ1v) is 34.5. The normalized spacial score (nSPS) is 16.5. The summed E-state index contributed by atoms with van der Waals surface area (Å²) in [6, 6.07) is 66.7. The van der Waals surface area contributed by atoms with E-state index in [1.165, 1.54) is 104 Å². The van der Waals surface area contributed by atoms with Gasteiger partial charge in [0.05, 0.1) is 12.3 Å². The Bertz CT molecular complexity index is 3030. The molecule has 0 unspecified atom stereocenters. The molecule has 0 bridgehead atoms. The van der Waals surface area contributed by atoms with Crippen molar-refractivity contribution in [1.82, 2.24) is 0 Å². The first kappa shape index (κ1) is 65.6. The molecule has 0 saturated carbocycles. The van der Waals surface area contributed by atoms with E-state index in [0.29, 0.717) is 0 Å². The van der Waals surface area contributed by atoms with Gasteiger partial charge in [0.1, 0.15) is 46.4 Å². The maximum Gasteiger partial charge on any atom is 0.115 e. The fourth-order valence-electron chi connectivity index (χ4n) is 11.6. The second kappa shape index (κ2) is 31.4. The van der Waals surface area contributed by atoms with E-state index in [2.05, 4.69) is 324 Å². The van der Waals surface area contributed by atoms with Gasteiger partial charge < -0.3 is 9.11 Å². The van der Waals surface area contributed by atoms with E-state index in [1.54, 1.807) is 11.1 Å². The fraction of sp³-hybridized carbons (Fsp3) is 0.263. The molecule has 0 atom stereocenters. The molecule has 7 heteroatoms. The predicted molar refractivity (Wildman–Crippen MR) is 363 cm³/mol. The maximum atomic E-state index is 8.52. The Balaban J connectivity index is 0.000000246. The zero-order valence-electron chi connectivity index (χ0n) is 50.8. The Morgan fingerprint density at radius 3 is 0.892 bits per heavy atom. The Kier molecular flexibility index (Phi) is 24.8. The molecule has 83 heavy (non-hydrogen) atoms. The van der Waals surface area contributed by atoms with Crippen molar-refractivity contribution in [3.05, 3.63) is 299 Å². The molecule has 432 valence electrons. The molecule has 0 aliphatic heterocycles. The molecule has 0 N–H and O–H groups in total. The highest BCUT2D eigenvalue weighted by molar-refractivity contribution is 7.96. The van der Waals surface area contributed by atoms with E-state index < -0.39 is 24.9 Å². The van der Waals surface area contributed by atoms with Gasteiger partial charge in [-0.05, 0) is 187 Å². The lowest BCUT2D eigenvalue weighted by Crippen LogP contribution is -2.33. The van der Waals surface area contributed by atoms with Crippen molar-refractivity contribution in [3.63, 3.8) is 0 Å². The van der Waals surface area contributed by atoms with E-state index in [0.717, 1.165) is 12.3 Å². The van der Waals surface area contributed by atoms with Gasteiger partial charge in [-0.1, -0.05) is 231 Å². The summed E-state index contributed by atoms with van der Waals surface area (Å²) >= 11 is 0. The summed E-state index contributed by atoms with van der Waals surface area (Å²) < 4.78 is 34.1. The van der Waals surface area contributed by atoms with E-state index in [4.69, 9.17) is 17.5 Å². The molecular formula is C76H88O4P2S. The van der Waals surface area contributed by atoms with Crippen LogP contribution >= 0.6 is 14.5 Å². The zero-order valence-corrected chi connectivity index (χ0v) is 53.4. The second-order valence-electron chi connectivity index (χ2n) is 23.4. The topological polar surface area (TPSA) is 80.3 Å². The maximum absolute atomic E-state index is 8.52. The highest BCUT2D eigenvalue weighted by Gasteiger charge is 2.45. The molecule has 6 aromatic rings. The molecule has 4 nitrogen and oxygen atoms in total. The second-order valence-corrected chi connectivity index (χ2v) is 31.3. The van der Waals surface area contributed by atoms with Crippen molar-refractivity contribution in [2.75, 3.05) is 12.3 Å². The molecule has 0 fully saturated rings. The van der Waals surface area contributed by atoms with Crippen LogP contribution < -0.4 is 31.8 Å². The molecule has 0 aromatic heterocycles. The third kappa shape index (κ3) is 19.2. The third-order valence-corrected chi connectivity index (χ3v) is 24.6. The SMILES string of the molecule is CC1=C(/C=C/C(C)=C/C=C/C(C)=C/C[P+](c2ccccc2)(c2ccccc2)c2ccccc2)C(C)(C)CCC1.CC1=C(/C=C/C(C)=C/C=C/C(C)=C/C[P+](c2ccccc2)(c2ccccc2)c2ccccc2)C(C)(C)CCC1.O=S(=O)([O-])[O-]. The fourth-order valence-corrected chi connectivity index (χ4v) is 19.8. The van der Waals surface area contributed by atoms with E-state index >= 15 is 0 Å². The van der Waals surface area contributed by atoms with Crippen molar-refractivity contribution < 1.29 is 17.5 Å². The Hall–Kier alpha value is -6.55. The molecule has 0 spiro atoms. The van der Waals surface area contributed by atoms with Crippen LogP contribution in [-0.4, -0.2) is 29.8 Å². The third-order valence-electron chi connectivity index (χ3n) is 16.1. The molecule has 8 rings (SSSR count). The highest BCUT2D eigenvalue weighted by atomic mass is 32.3. The van der Waals surface area contributed by atoms with Gasteiger partial charge in [-0.15, -0.1) is 0 Å². The summed E-state index contributed by atoms with van der Waals surface area (Å²) in [5.74, 6) is 0. The largest absolute Gasteiger partial charge is 0.759 e. The molecular weight excluding hydrogens is 1070 g/mol. The Morgan fingerprint density at radius 2 is 0.663 bits per heavy atom. The zero-order chi connectivity index (χ0) is 59.9. The lowest BCUT2D eigenvalue weighted by molar-refractivity contribution is 0.352. The summed E-state index contributed by atoms with van der Waals surface area (Å²) in [4.78, 5) is 0. The molecule has 2 aliphatic carbocycles. The predicted octanol–water partition coefficient (Wildman–Crippen LogP) is 17.7. The smallest absolute Gasteiger partial charge is 0.115 e. The van der Waals surface area contributed by atoms with Gasteiger partial charge in [0.2, 0.25) is 0 Å². The molecule has 0 amide bonds. The van der Waals surface area contributed by atoms with Crippen LogP contribution in [0.2, 0.25) is 0 Å². The number of benzene rings is 6. The minimum atomic E-state index is -5.17. The van der Waals surface area contributed by atoms with Gasteiger partial charge in [-0.2, -0.15) is 0 Å². The highest BCUT2D eigenvalue weighted by Crippen LogP contribution is 2.56. The van der Waals surface area contributed by atoms with Gasteiger partial charge >= 0.3 is 0 Å². The number of hydrogen-bond donors (Lipinski definition) is 0. The van der Waals surface area contributed by atoms with Crippen LogP contribution in [0.3, 0.4) is 0 Å². The molecule has 2 aliphatic rings.